The minimum atomic E-state index is -0.362. The molecule has 1 aromatic rings. The van der Waals surface area contributed by atoms with Crippen molar-refractivity contribution in [2.45, 2.75) is 20.3 Å². The van der Waals surface area contributed by atoms with Gasteiger partial charge in [0.2, 0.25) is 5.91 Å². The van der Waals surface area contributed by atoms with Crippen LogP contribution in [0.3, 0.4) is 0 Å². The highest BCUT2D eigenvalue weighted by atomic mass is 16.3. The zero-order chi connectivity index (χ0) is 10.0. The Bertz CT molecular complexity index is 375. The van der Waals surface area contributed by atoms with Gasteiger partial charge in [0.1, 0.15) is 0 Å². The lowest BCUT2D eigenvalue weighted by Crippen LogP contribution is -2.24. The molecule has 0 aliphatic rings. The summed E-state index contributed by atoms with van der Waals surface area (Å²) in [6.45, 7) is 2.91. The Kier molecular flexibility index (Phi) is 2.67. The van der Waals surface area contributed by atoms with E-state index in [1.165, 1.54) is 6.92 Å². The molecule has 0 radical (unpaired) electrons. The third-order valence-corrected chi connectivity index (χ3v) is 1.87. The zero-order valence-corrected chi connectivity index (χ0v) is 7.63. The van der Waals surface area contributed by atoms with Gasteiger partial charge in [0, 0.05) is 31.2 Å². The number of aromatic amines is 1. The lowest BCUT2D eigenvalue weighted by molar-refractivity contribution is 0.0916. The van der Waals surface area contributed by atoms with Crippen LogP contribution >= 0.6 is 0 Å². The molecule has 1 aromatic heterocycles. The Morgan fingerprint density at radius 2 is 2.23 bits per heavy atom. The summed E-state index contributed by atoms with van der Waals surface area (Å²) in [6.07, 6.45) is 0.279. The number of rotatable bonds is 2. The standard InChI is InChI=1S/C8H12N2O3/c1-5-7(3-4-11)8(13)10(9-5)6(2)12/h9,11H,3-4H2,1-2H3. The summed E-state index contributed by atoms with van der Waals surface area (Å²) in [6, 6.07) is 0. The summed E-state index contributed by atoms with van der Waals surface area (Å²) in [5, 5.41) is 11.3. The summed E-state index contributed by atoms with van der Waals surface area (Å²) in [5.74, 6) is -0.350. The molecule has 2 N–H and O–H groups in total. The van der Waals surface area contributed by atoms with Gasteiger partial charge in [-0.1, -0.05) is 0 Å². The Balaban J connectivity index is 3.23. The molecule has 0 bridgehead atoms. The number of aromatic nitrogens is 2. The van der Waals surface area contributed by atoms with Gasteiger partial charge in [0.25, 0.3) is 5.56 Å². The second kappa shape index (κ2) is 3.57. The van der Waals surface area contributed by atoms with E-state index >= 15 is 0 Å². The number of H-pyrrole nitrogens is 1. The number of hydrogen-bond donors (Lipinski definition) is 2. The molecule has 5 nitrogen and oxygen atoms in total. The van der Waals surface area contributed by atoms with Crippen molar-refractivity contribution in [2.75, 3.05) is 6.61 Å². The Morgan fingerprint density at radius 1 is 1.62 bits per heavy atom. The van der Waals surface area contributed by atoms with Crippen LogP contribution in [0.5, 0.6) is 0 Å². The van der Waals surface area contributed by atoms with E-state index in [4.69, 9.17) is 5.11 Å². The Morgan fingerprint density at radius 3 is 2.62 bits per heavy atom. The van der Waals surface area contributed by atoms with Crippen LogP contribution in [-0.4, -0.2) is 27.4 Å². The van der Waals surface area contributed by atoms with E-state index in [0.717, 1.165) is 4.68 Å². The molecule has 0 spiro atoms. The fourth-order valence-corrected chi connectivity index (χ4v) is 1.21. The van der Waals surface area contributed by atoms with Crippen molar-refractivity contribution < 1.29 is 9.90 Å². The molecule has 0 aromatic carbocycles. The van der Waals surface area contributed by atoms with Crippen LogP contribution in [-0.2, 0) is 6.42 Å². The molecule has 0 aliphatic heterocycles. The molecule has 0 aliphatic carbocycles. The Hall–Kier alpha value is -1.36. The third-order valence-electron chi connectivity index (χ3n) is 1.87. The monoisotopic (exact) mass is 184 g/mol. The van der Waals surface area contributed by atoms with Gasteiger partial charge in [0.05, 0.1) is 0 Å². The van der Waals surface area contributed by atoms with Gasteiger partial charge in [-0.25, -0.2) is 0 Å². The van der Waals surface area contributed by atoms with Crippen molar-refractivity contribution in [2.24, 2.45) is 0 Å². The largest absolute Gasteiger partial charge is 0.396 e. The van der Waals surface area contributed by atoms with E-state index < -0.39 is 0 Å². The minimum absolute atomic E-state index is 0.0914. The molecule has 0 fully saturated rings. The quantitative estimate of drug-likeness (QED) is 0.661. The number of nitrogens with one attached hydrogen (secondary N) is 1. The minimum Gasteiger partial charge on any atom is -0.396 e. The number of nitrogens with zero attached hydrogens (tertiary/aromatic N) is 1. The molecule has 13 heavy (non-hydrogen) atoms. The molecule has 0 unspecified atom stereocenters. The average molecular weight is 184 g/mol. The second-order valence-corrected chi connectivity index (χ2v) is 2.85. The van der Waals surface area contributed by atoms with Crippen LogP contribution < -0.4 is 5.56 Å². The molecule has 0 atom stereocenters. The number of carbonyl (C=O) groups excluding carboxylic acids is 1. The Labute approximate surface area is 75.0 Å². The lowest BCUT2D eigenvalue weighted by Gasteiger charge is -1.90. The first-order chi connectivity index (χ1) is 6.07. The van der Waals surface area contributed by atoms with Crippen molar-refractivity contribution in [3.8, 4) is 0 Å². The number of aliphatic hydroxyl groups is 1. The fourth-order valence-electron chi connectivity index (χ4n) is 1.21. The molecule has 72 valence electrons. The number of aliphatic hydroxyl groups excluding tert-OH is 1. The molecule has 1 heterocycles. The maximum atomic E-state index is 11.4. The predicted octanol–water partition coefficient (Wildman–Crippen LogP) is -0.320. The van der Waals surface area contributed by atoms with Crippen LogP contribution in [0.2, 0.25) is 0 Å². The first-order valence-corrected chi connectivity index (χ1v) is 4.00. The van der Waals surface area contributed by atoms with Gasteiger partial charge in [-0.05, 0) is 6.92 Å². The molecule has 0 amide bonds. The molecular weight excluding hydrogens is 172 g/mol. The van der Waals surface area contributed by atoms with Crippen molar-refractivity contribution in [3.05, 3.63) is 21.6 Å². The highest BCUT2D eigenvalue weighted by Crippen LogP contribution is 1.99. The number of aryl methyl sites for hydroxylation is 1. The van der Waals surface area contributed by atoms with Crippen molar-refractivity contribution in [1.29, 1.82) is 0 Å². The van der Waals surface area contributed by atoms with Crippen molar-refractivity contribution >= 4 is 5.91 Å². The van der Waals surface area contributed by atoms with E-state index in [-0.39, 0.29) is 24.5 Å². The predicted molar refractivity (Wildman–Crippen MR) is 46.9 cm³/mol. The van der Waals surface area contributed by atoms with Crippen LogP contribution in [0.15, 0.2) is 4.79 Å². The van der Waals surface area contributed by atoms with Gasteiger partial charge in [-0.3, -0.25) is 14.7 Å². The van der Waals surface area contributed by atoms with Gasteiger partial charge < -0.3 is 5.11 Å². The highest BCUT2D eigenvalue weighted by Gasteiger charge is 2.12. The SMILES string of the molecule is CC(=O)n1[nH]c(C)c(CCO)c1=O. The van der Waals surface area contributed by atoms with E-state index in [1.807, 2.05) is 0 Å². The van der Waals surface area contributed by atoms with Crippen LogP contribution in [0.25, 0.3) is 0 Å². The van der Waals surface area contributed by atoms with Gasteiger partial charge in [0.15, 0.2) is 0 Å². The zero-order valence-electron chi connectivity index (χ0n) is 7.63. The van der Waals surface area contributed by atoms with Gasteiger partial charge in [-0.15, -0.1) is 0 Å². The smallest absolute Gasteiger partial charge is 0.277 e. The van der Waals surface area contributed by atoms with E-state index in [9.17, 15) is 9.59 Å². The maximum Gasteiger partial charge on any atom is 0.277 e. The summed E-state index contributed by atoms with van der Waals surface area (Å²) >= 11 is 0. The molecule has 5 heteroatoms. The van der Waals surface area contributed by atoms with Crippen molar-refractivity contribution in [3.63, 3.8) is 0 Å². The van der Waals surface area contributed by atoms with Crippen molar-refractivity contribution in [1.82, 2.24) is 9.78 Å². The lowest BCUT2D eigenvalue weighted by atomic mass is 10.2. The van der Waals surface area contributed by atoms with Crippen LogP contribution in [0.1, 0.15) is 23.0 Å². The van der Waals surface area contributed by atoms with Gasteiger partial charge in [-0.2, -0.15) is 4.68 Å². The second-order valence-electron chi connectivity index (χ2n) is 2.85. The average Bonchev–Trinajstić information content (AvgIpc) is 2.32. The maximum absolute atomic E-state index is 11.4. The fraction of sp³-hybridized carbons (Fsp3) is 0.500. The summed E-state index contributed by atoms with van der Waals surface area (Å²) in [5.41, 5.74) is 0.742. The molecule has 1 rings (SSSR count). The van der Waals surface area contributed by atoms with Crippen LogP contribution in [0, 0.1) is 6.92 Å². The van der Waals surface area contributed by atoms with E-state index in [1.54, 1.807) is 6.92 Å². The summed E-state index contributed by atoms with van der Waals surface area (Å²) in [7, 11) is 0. The third kappa shape index (κ3) is 1.70. The summed E-state index contributed by atoms with van der Waals surface area (Å²) in [4.78, 5) is 22.3. The molecular formula is C8H12N2O3. The number of carbonyl (C=O) groups is 1. The van der Waals surface area contributed by atoms with E-state index in [2.05, 4.69) is 5.10 Å². The van der Waals surface area contributed by atoms with E-state index in [0.29, 0.717) is 11.3 Å². The van der Waals surface area contributed by atoms with Gasteiger partial charge >= 0.3 is 0 Å². The normalized spacial score (nSPS) is 10.4. The highest BCUT2D eigenvalue weighted by molar-refractivity contribution is 5.75. The first kappa shape index (κ1) is 9.73. The molecule has 0 saturated carbocycles. The van der Waals surface area contributed by atoms with Crippen LogP contribution in [0.4, 0.5) is 0 Å². The topological polar surface area (TPSA) is 75.1 Å². The summed E-state index contributed by atoms with van der Waals surface area (Å²) < 4.78 is 0.945. The first-order valence-electron chi connectivity index (χ1n) is 4.00. The molecule has 0 saturated heterocycles. The number of hydrogen-bond acceptors (Lipinski definition) is 3.